The number of para-hydroxylation sites is 1. The summed E-state index contributed by atoms with van der Waals surface area (Å²) in [6.07, 6.45) is 0.832. The molecule has 0 N–H and O–H groups in total. The van der Waals surface area contributed by atoms with Gasteiger partial charge in [-0.3, -0.25) is 9.78 Å². The second-order valence-corrected chi connectivity index (χ2v) is 6.33. The van der Waals surface area contributed by atoms with Gasteiger partial charge in [0.05, 0.1) is 11.1 Å². The second-order valence-electron chi connectivity index (χ2n) is 6.33. The van der Waals surface area contributed by atoms with Crippen LogP contribution >= 0.6 is 0 Å². The van der Waals surface area contributed by atoms with Gasteiger partial charge < -0.3 is 4.90 Å². The lowest BCUT2D eigenvalue weighted by Gasteiger charge is -2.23. The Morgan fingerprint density at radius 3 is 2.83 bits per heavy atom. The minimum atomic E-state index is -0.364. The SMILES string of the molecule is Cc1cc(C(=O)N2c3ccccc3C[C@@H]2C)c2cc(F)ccc2n1. The van der Waals surface area contributed by atoms with Crippen molar-refractivity contribution in [3.05, 3.63) is 71.2 Å². The highest BCUT2D eigenvalue weighted by Crippen LogP contribution is 2.34. The van der Waals surface area contributed by atoms with E-state index in [1.54, 1.807) is 12.1 Å². The standard InChI is InChI=1S/C20H17FN2O/c1-12-9-17(16-11-15(21)7-8-18(16)22-12)20(24)23-13(2)10-14-5-3-4-6-19(14)23/h3-9,11,13H,10H2,1-2H3/t13-/m0/s1. The molecule has 0 saturated carbocycles. The van der Waals surface area contributed by atoms with Crippen molar-refractivity contribution >= 4 is 22.5 Å². The quantitative estimate of drug-likeness (QED) is 0.671. The average Bonchev–Trinajstić information content (AvgIpc) is 2.89. The normalized spacial score (nSPS) is 16.5. The number of carbonyl (C=O) groups is 1. The topological polar surface area (TPSA) is 33.2 Å². The number of aryl methyl sites for hydroxylation is 1. The van der Waals surface area contributed by atoms with Crippen LogP contribution in [0, 0.1) is 12.7 Å². The molecule has 1 atom stereocenters. The summed E-state index contributed by atoms with van der Waals surface area (Å²) < 4.78 is 13.7. The van der Waals surface area contributed by atoms with Crippen molar-refractivity contribution in [2.75, 3.05) is 4.90 Å². The highest BCUT2D eigenvalue weighted by Gasteiger charge is 2.32. The third-order valence-corrected chi connectivity index (χ3v) is 4.56. The first-order valence-electron chi connectivity index (χ1n) is 8.03. The first-order valence-corrected chi connectivity index (χ1v) is 8.03. The van der Waals surface area contributed by atoms with Crippen LogP contribution in [0.5, 0.6) is 0 Å². The lowest BCUT2D eigenvalue weighted by Crippen LogP contribution is -2.36. The molecule has 2 heterocycles. The summed E-state index contributed by atoms with van der Waals surface area (Å²) in [4.78, 5) is 19.5. The van der Waals surface area contributed by atoms with E-state index in [4.69, 9.17) is 0 Å². The zero-order chi connectivity index (χ0) is 16.8. The Balaban J connectivity index is 1.89. The molecule has 3 nitrogen and oxygen atoms in total. The van der Waals surface area contributed by atoms with Crippen LogP contribution in [-0.4, -0.2) is 16.9 Å². The lowest BCUT2D eigenvalue weighted by atomic mass is 10.1. The van der Waals surface area contributed by atoms with E-state index in [1.165, 1.54) is 17.7 Å². The van der Waals surface area contributed by atoms with E-state index >= 15 is 0 Å². The number of pyridine rings is 1. The molecule has 0 radical (unpaired) electrons. The van der Waals surface area contributed by atoms with Crippen molar-refractivity contribution in [2.45, 2.75) is 26.3 Å². The van der Waals surface area contributed by atoms with Gasteiger partial charge in [-0.1, -0.05) is 18.2 Å². The Bertz CT molecular complexity index is 967. The molecule has 4 rings (SSSR count). The van der Waals surface area contributed by atoms with Crippen LogP contribution in [0.25, 0.3) is 10.9 Å². The molecular formula is C20H17FN2O. The first-order chi connectivity index (χ1) is 11.5. The fourth-order valence-electron chi connectivity index (χ4n) is 3.51. The number of rotatable bonds is 1. The fraction of sp³-hybridized carbons (Fsp3) is 0.200. The highest BCUT2D eigenvalue weighted by atomic mass is 19.1. The van der Waals surface area contributed by atoms with Crippen molar-refractivity contribution in [1.82, 2.24) is 4.98 Å². The second kappa shape index (κ2) is 5.41. The molecular weight excluding hydrogens is 303 g/mol. The number of aromatic nitrogens is 1. The molecule has 4 heteroatoms. The highest BCUT2D eigenvalue weighted by molar-refractivity contribution is 6.14. The van der Waals surface area contributed by atoms with E-state index in [1.807, 2.05) is 36.9 Å². The molecule has 2 aromatic carbocycles. The van der Waals surface area contributed by atoms with E-state index in [0.29, 0.717) is 16.5 Å². The maximum Gasteiger partial charge on any atom is 0.259 e. The minimum absolute atomic E-state index is 0.0759. The maximum absolute atomic E-state index is 13.7. The first kappa shape index (κ1) is 14.8. The van der Waals surface area contributed by atoms with Crippen molar-refractivity contribution in [3.8, 4) is 0 Å². The molecule has 0 bridgehead atoms. The van der Waals surface area contributed by atoms with Gasteiger partial charge in [-0.25, -0.2) is 4.39 Å². The number of hydrogen-bond acceptors (Lipinski definition) is 2. The summed E-state index contributed by atoms with van der Waals surface area (Å²) in [7, 11) is 0. The predicted octanol–water partition coefficient (Wildman–Crippen LogP) is 4.27. The Labute approximate surface area is 139 Å². The number of fused-ring (bicyclic) bond motifs is 2. The number of halogens is 1. The molecule has 0 spiro atoms. The van der Waals surface area contributed by atoms with Crippen molar-refractivity contribution < 1.29 is 9.18 Å². The lowest BCUT2D eigenvalue weighted by molar-refractivity contribution is 0.0983. The molecule has 0 aliphatic carbocycles. The Kier molecular flexibility index (Phi) is 3.34. The van der Waals surface area contributed by atoms with E-state index < -0.39 is 0 Å². The maximum atomic E-state index is 13.7. The third-order valence-electron chi connectivity index (χ3n) is 4.56. The number of carbonyl (C=O) groups excluding carboxylic acids is 1. The summed E-state index contributed by atoms with van der Waals surface area (Å²) in [5.41, 5.74) is 3.99. The number of benzene rings is 2. The number of nitrogens with zero attached hydrogens (tertiary/aromatic N) is 2. The van der Waals surface area contributed by atoms with E-state index in [2.05, 4.69) is 11.1 Å². The van der Waals surface area contributed by atoms with Crippen molar-refractivity contribution in [1.29, 1.82) is 0 Å². The number of anilines is 1. The van der Waals surface area contributed by atoms with Crippen LogP contribution in [0.2, 0.25) is 0 Å². The zero-order valence-corrected chi connectivity index (χ0v) is 13.6. The average molecular weight is 320 g/mol. The molecule has 1 amide bonds. The van der Waals surface area contributed by atoms with Gasteiger partial charge in [0.25, 0.3) is 5.91 Å². The van der Waals surface area contributed by atoms with Gasteiger partial charge in [0.2, 0.25) is 0 Å². The molecule has 1 aliphatic heterocycles. The molecule has 24 heavy (non-hydrogen) atoms. The van der Waals surface area contributed by atoms with Crippen molar-refractivity contribution in [2.24, 2.45) is 0 Å². The largest absolute Gasteiger partial charge is 0.305 e. The summed E-state index contributed by atoms with van der Waals surface area (Å²) in [6.45, 7) is 3.88. The summed E-state index contributed by atoms with van der Waals surface area (Å²) in [5, 5.41) is 0.558. The molecule has 1 aromatic heterocycles. The molecule has 120 valence electrons. The molecule has 0 unspecified atom stereocenters. The van der Waals surface area contributed by atoms with Crippen LogP contribution < -0.4 is 4.90 Å². The van der Waals surface area contributed by atoms with E-state index in [-0.39, 0.29) is 17.8 Å². The summed E-state index contributed by atoms with van der Waals surface area (Å²) in [6, 6.07) is 14.1. The predicted molar refractivity (Wildman–Crippen MR) is 92.9 cm³/mol. The van der Waals surface area contributed by atoms with Gasteiger partial charge in [0.1, 0.15) is 5.82 Å². The molecule has 1 aliphatic rings. The van der Waals surface area contributed by atoms with Gasteiger partial charge in [0, 0.05) is 22.8 Å². The van der Waals surface area contributed by atoms with Gasteiger partial charge in [0.15, 0.2) is 0 Å². The van der Waals surface area contributed by atoms with Crippen molar-refractivity contribution in [3.63, 3.8) is 0 Å². The van der Waals surface area contributed by atoms with Crippen LogP contribution in [-0.2, 0) is 6.42 Å². The van der Waals surface area contributed by atoms with Gasteiger partial charge >= 0.3 is 0 Å². The molecule has 0 fully saturated rings. The van der Waals surface area contributed by atoms with Crippen LogP contribution in [0.15, 0.2) is 48.5 Å². The fourth-order valence-corrected chi connectivity index (χ4v) is 3.51. The molecule has 3 aromatic rings. The van der Waals surface area contributed by atoms with Gasteiger partial charge in [-0.05, 0) is 56.2 Å². The minimum Gasteiger partial charge on any atom is -0.305 e. The van der Waals surface area contributed by atoms with Crippen LogP contribution in [0.3, 0.4) is 0 Å². The number of amides is 1. The smallest absolute Gasteiger partial charge is 0.259 e. The van der Waals surface area contributed by atoms with Crippen LogP contribution in [0.1, 0.15) is 28.5 Å². The Hall–Kier alpha value is -2.75. The Morgan fingerprint density at radius 2 is 2.00 bits per heavy atom. The summed E-state index contributed by atoms with van der Waals surface area (Å²) in [5.74, 6) is -0.467. The summed E-state index contributed by atoms with van der Waals surface area (Å²) >= 11 is 0. The van der Waals surface area contributed by atoms with Crippen LogP contribution in [0.4, 0.5) is 10.1 Å². The van der Waals surface area contributed by atoms with Gasteiger partial charge in [-0.2, -0.15) is 0 Å². The van der Waals surface area contributed by atoms with E-state index in [9.17, 15) is 9.18 Å². The van der Waals surface area contributed by atoms with E-state index in [0.717, 1.165) is 17.8 Å². The monoisotopic (exact) mass is 320 g/mol. The Morgan fingerprint density at radius 1 is 1.21 bits per heavy atom. The number of hydrogen-bond donors (Lipinski definition) is 0. The van der Waals surface area contributed by atoms with Gasteiger partial charge in [-0.15, -0.1) is 0 Å². The zero-order valence-electron chi connectivity index (χ0n) is 13.6. The third kappa shape index (κ3) is 2.26. The molecule has 0 saturated heterocycles.